The van der Waals surface area contributed by atoms with E-state index in [4.69, 9.17) is 9.47 Å². The molecule has 0 amide bonds. The van der Waals surface area contributed by atoms with Crippen molar-refractivity contribution in [1.29, 1.82) is 0 Å². The molecule has 0 aliphatic carbocycles. The third kappa shape index (κ3) is 5.24. The number of rotatable bonds is 10. The highest BCUT2D eigenvalue weighted by Crippen LogP contribution is 2.35. The van der Waals surface area contributed by atoms with Crippen molar-refractivity contribution in [3.63, 3.8) is 0 Å². The van der Waals surface area contributed by atoms with Crippen molar-refractivity contribution < 1.29 is 14.6 Å². The maximum atomic E-state index is 10.7. The third-order valence-electron chi connectivity index (χ3n) is 3.67. The summed E-state index contributed by atoms with van der Waals surface area (Å²) in [6.45, 7) is 9.44. The van der Waals surface area contributed by atoms with Gasteiger partial charge in [0.1, 0.15) is 0 Å². The SMILES string of the molecule is CCCC(CCC)C(O)c1ccc(OCC)c(OCC)c1. The molecule has 1 rings (SSSR count). The van der Waals surface area contributed by atoms with Crippen LogP contribution in [0.2, 0.25) is 0 Å². The normalized spacial score (nSPS) is 12.5. The Labute approximate surface area is 129 Å². The molecule has 0 bridgehead atoms. The van der Waals surface area contributed by atoms with Gasteiger partial charge in [-0.25, -0.2) is 0 Å². The van der Waals surface area contributed by atoms with Gasteiger partial charge in [-0.2, -0.15) is 0 Å². The fraction of sp³-hybridized carbons (Fsp3) is 0.667. The van der Waals surface area contributed by atoms with Crippen LogP contribution < -0.4 is 9.47 Å². The quantitative estimate of drug-likeness (QED) is 0.677. The Hall–Kier alpha value is -1.22. The molecule has 120 valence electrons. The minimum Gasteiger partial charge on any atom is -0.490 e. The molecule has 0 saturated carbocycles. The highest BCUT2D eigenvalue weighted by atomic mass is 16.5. The van der Waals surface area contributed by atoms with Gasteiger partial charge >= 0.3 is 0 Å². The second kappa shape index (κ2) is 9.67. The van der Waals surface area contributed by atoms with E-state index in [2.05, 4.69) is 13.8 Å². The van der Waals surface area contributed by atoms with E-state index in [0.29, 0.717) is 19.1 Å². The molecule has 1 unspecified atom stereocenters. The summed E-state index contributed by atoms with van der Waals surface area (Å²) in [4.78, 5) is 0. The molecule has 1 aromatic rings. The van der Waals surface area contributed by atoms with E-state index in [-0.39, 0.29) is 0 Å². The summed E-state index contributed by atoms with van der Waals surface area (Å²) in [6, 6.07) is 5.79. The summed E-state index contributed by atoms with van der Waals surface area (Å²) in [5.41, 5.74) is 0.925. The molecule has 0 radical (unpaired) electrons. The van der Waals surface area contributed by atoms with Gasteiger partial charge in [0.25, 0.3) is 0 Å². The van der Waals surface area contributed by atoms with Crippen molar-refractivity contribution in [2.24, 2.45) is 5.92 Å². The van der Waals surface area contributed by atoms with Gasteiger partial charge in [0.2, 0.25) is 0 Å². The highest BCUT2D eigenvalue weighted by Gasteiger charge is 2.21. The fourth-order valence-corrected chi connectivity index (χ4v) is 2.73. The Morgan fingerprint density at radius 2 is 1.48 bits per heavy atom. The summed E-state index contributed by atoms with van der Waals surface area (Å²) in [5.74, 6) is 1.79. The molecular formula is C18H30O3. The van der Waals surface area contributed by atoms with Gasteiger partial charge in [-0.05, 0) is 50.3 Å². The van der Waals surface area contributed by atoms with E-state index in [0.717, 1.165) is 42.7 Å². The average molecular weight is 294 g/mol. The van der Waals surface area contributed by atoms with Gasteiger partial charge in [0.15, 0.2) is 11.5 Å². The van der Waals surface area contributed by atoms with Gasteiger partial charge in [-0.1, -0.05) is 32.8 Å². The molecular weight excluding hydrogens is 264 g/mol. The molecule has 1 atom stereocenters. The van der Waals surface area contributed by atoms with E-state index >= 15 is 0 Å². The number of ether oxygens (including phenoxy) is 2. The minimum absolute atomic E-state index is 0.312. The lowest BCUT2D eigenvalue weighted by Crippen LogP contribution is -2.13. The van der Waals surface area contributed by atoms with Gasteiger partial charge < -0.3 is 14.6 Å². The molecule has 0 fully saturated rings. The summed E-state index contributed by atoms with van der Waals surface area (Å²) >= 11 is 0. The van der Waals surface area contributed by atoms with Crippen LogP contribution in [0.25, 0.3) is 0 Å². The molecule has 3 heteroatoms. The van der Waals surface area contributed by atoms with Crippen molar-refractivity contribution in [2.75, 3.05) is 13.2 Å². The standard InChI is InChI=1S/C18H30O3/c1-5-9-14(10-6-2)18(19)15-11-12-16(20-7-3)17(13-15)21-8-4/h11-14,18-19H,5-10H2,1-4H3. The van der Waals surface area contributed by atoms with Crippen LogP contribution in [0.4, 0.5) is 0 Å². The van der Waals surface area contributed by atoms with Crippen LogP contribution in [-0.2, 0) is 0 Å². The molecule has 0 aliphatic rings. The van der Waals surface area contributed by atoms with Gasteiger partial charge in [-0.15, -0.1) is 0 Å². The van der Waals surface area contributed by atoms with Crippen LogP contribution >= 0.6 is 0 Å². The van der Waals surface area contributed by atoms with Gasteiger partial charge in [0, 0.05) is 0 Å². The van der Waals surface area contributed by atoms with E-state index < -0.39 is 6.10 Å². The average Bonchev–Trinajstić information content (AvgIpc) is 2.48. The van der Waals surface area contributed by atoms with Gasteiger partial charge in [0.05, 0.1) is 19.3 Å². The number of hydrogen-bond acceptors (Lipinski definition) is 3. The van der Waals surface area contributed by atoms with Crippen LogP contribution in [0.5, 0.6) is 11.5 Å². The van der Waals surface area contributed by atoms with Crippen molar-refractivity contribution in [2.45, 2.75) is 59.5 Å². The first-order chi connectivity index (χ1) is 10.2. The largest absolute Gasteiger partial charge is 0.490 e. The summed E-state index contributed by atoms with van der Waals surface area (Å²) in [6.07, 6.45) is 3.85. The smallest absolute Gasteiger partial charge is 0.161 e. The molecule has 1 aromatic carbocycles. The maximum Gasteiger partial charge on any atom is 0.161 e. The Morgan fingerprint density at radius 1 is 0.905 bits per heavy atom. The van der Waals surface area contributed by atoms with Crippen LogP contribution in [0.15, 0.2) is 18.2 Å². The van der Waals surface area contributed by atoms with E-state index in [9.17, 15) is 5.11 Å². The lowest BCUT2D eigenvalue weighted by Gasteiger charge is -2.23. The molecule has 3 nitrogen and oxygen atoms in total. The predicted octanol–water partition coefficient (Wildman–Crippen LogP) is 4.73. The Bertz CT molecular complexity index is 397. The van der Waals surface area contributed by atoms with E-state index in [1.807, 2.05) is 32.0 Å². The number of aliphatic hydroxyl groups is 1. The Morgan fingerprint density at radius 3 is 2.00 bits per heavy atom. The van der Waals surface area contributed by atoms with Gasteiger partial charge in [-0.3, -0.25) is 0 Å². The zero-order valence-electron chi connectivity index (χ0n) is 13.9. The zero-order valence-corrected chi connectivity index (χ0v) is 13.9. The van der Waals surface area contributed by atoms with Crippen LogP contribution in [0.3, 0.4) is 0 Å². The molecule has 0 heterocycles. The summed E-state index contributed by atoms with van der Waals surface area (Å²) < 4.78 is 11.2. The minimum atomic E-state index is -0.431. The van der Waals surface area contributed by atoms with Crippen molar-refractivity contribution >= 4 is 0 Å². The lowest BCUT2D eigenvalue weighted by molar-refractivity contribution is 0.0960. The summed E-state index contributed by atoms with van der Waals surface area (Å²) in [7, 11) is 0. The van der Waals surface area contributed by atoms with Crippen LogP contribution in [-0.4, -0.2) is 18.3 Å². The topological polar surface area (TPSA) is 38.7 Å². The van der Waals surface area contributed by atoms with E-state index in [1.54, 1.807) is 0 Å². The molecule has 0 aromatic heterocycles. The van der Waals surface area contributed by atoms with Crippen molar-refractivity contribution in [3.8, 4) is 11.5 Å². The number of benzene rings is 1. The highest BCUT2D eigenvalue weighted by molar-refractivity contribution is 5.43. The lowest BCUT2D eigenvalue weighted by atomic mass is 9.88. The molecule has 0 aliphatic heterocycles. The Balaban J connectivity index is 2.96. The third-order valence-corrected chi connectivity index (χ3v) is 3.67. The number of hydrogen-bond donors (Lipinski definition) is 1. The second-order valence-corrected chi connectivity index (χ2v) is 5.35. The predicted molar refractivity (Wildman–Crippen MR) is 87.0 cm³/mol. The molecule has 21 heavy (non-hydrogen) atoms. The number of aliphatic hydroxyl groups excluding tert-OH is 1. The fourth-order valence-electron chi connectivity index (χ4n) is 2.73. The zero-order chi connectivity index (χ0) is 15.7. The van der Waals surface area contributed by atoms with Crippen LogP contribution in [0, 0.1) is 5.92 Å². The molecule has 0 spiro atoms. The maximum absolute atomic E-state index is 10.7. The second-order valence-electron chi connectivity index (χ2n) is 5.35. The van der Waals surface area contributed by atoms with Crippen LogP contribution in [0.1, 0.15) is 65.0 Å². The Kier molecular flexibility index (Phi) is 8.21. The summed E-state index contributed by atoms with van der Waals surface area (Å²) in [5, 5.41) is 10.7. The molecule has 0 saturated heterocycles. The monoisotopic (exact) mass is 294 g/mol. The molecule has 1 N–H and O–H groups in total. The van der Waals surface area contributed by atoms with Crippen molar-refractivity contribution in [3.05, 3.63) is 23.8 Å². The van der Waals surface area contributed by atoms with E-state index in [1.165, 1.54) is 0 Å². The first-order valence-corrected chi connectivity index (χ1v) is 8.25. The van der Waals surface area contributed by atoms with Crippen molar-refractivity contribution in [1.82, 2.24) is 0 Å². The first kappa shape index (κ1) is 17.8. The first-order valence-electron chi connectivity index (χ1n) is 8.25.